The molecule has 1 fully saturated rings. The van der Waals surface area contributed by atoms with Gasteiger partial charge in [0.15, 0.2) is 0 Å². The van der Waals surface area contributed by atoms with Crippen molar-refractivity contribution in [1.29, 1.82) is 0 Å². The number of nitrogens with two attached hydrogens (primary N) is 1. The van der Waals surface area contributed by atoms with Crippen LogP contribution in [0.25, 0.3) is 0 Å². The number of rotatable bonds is 5. The summed E-state index contributed by atoms with van der Waals surface area (Å²) in [7, 11) is 0. The molecule has 0 aliphatic carbocycles. The van der Waals surface area contributed by atoms with E-state index in [0.29, 0.717) is 17.5 Å². The molecule has 14 heavy (non-hydrogen) atoms. The Morgan fingerprint density at radius 3 is 2.43 bits per heavy atom. The van der Waals surface area contributed by atoms with Crippen molar-refractivity contribution < 1.29 is 0 Å². The molecule has 1 aliphatic heterocycles. The Hall–Kier alpha value is -0.0800. The first-order valence-electron chi connectivity index (χ1n) is 5.99. The van der Waals surface area contributed by atoms with Crippen LogP contribution in [-0.2, 0) is 0 Å². The second kappa shape index (κ2) is 4.63. The third-order valence-corrected chi connectivity index (χ3v) is 4.33. The number of unbranched alkanes of at least 4 members (excludes halogenated alkanes) is 1. The molecule has 2 heteroatoms. The molecule has 0 saturated carbocycles. The van der Waals surface area contributed by atoms with Gasteiger partial charge in [0.05, 0.1) is 0 Å². The predicted octanol–water partition coefficient (Wildman–Crippen LogP) is 2.14. The number of hydrogen-bond acceptors (Lipinski definition) is 2. The van der Waals surface area contributed by atoms with Crippen LogP contribution >= 0.6 is 0 Å². The standard InChI is InChI=1S/C12H26N2/c1-9(2)12(4)10(3)14-11(12)7-5-6-8-13/h9-11,14H,5-8,13H2,1-4H3/t10?,11-,12?/m0/s1. The molecule has 3 atom stereocenters. The van der Waals surface area contributed by atoms with Crippen molar-refractivity contribution in [1.82, 2.24) is 5.32 Å². The second-order valence-electron chi connectivity index (χ2n) is 5.25. The van der Waals surface area contributed by atoms with Gasteiger partial charge in [0.25, 0.3) is 0 Å². The van der Waals surface area contributed by atoms with Gasteiger partial charge >= 0.3 is 0 Å². The summed E-state index contributed by atoms with van der Waals surface area (Å²) in [5.41, 5.74) is 6.00. The van der Waals surface area contributed by atoms with Crippen molar-refractivity contribution >= 4 is 0 Å². The Balaban J connectivity index is 2.40. The summed E-state index contributed by atoms with van der Waals surface area (Å²) in [6, 6.07) is 1.38. The Morgan fingerprint density at radius 1 is 1.36 bits per heavy atom. The summed E-state index contributed by atoms with van der Waals surface area (Å²) < 4.78 is 0. The summed E-state index contributed by atoms with van der Waals surface area (Å²) in [6.07, 6.45) is 3.72. The average Bonchev–Trinajstić information content (AvgIpc) is 2.15. The highest BCUT2D eigenvalue weighted by atomic mass is 15.1. The maximum atomic E-state index is 5.51. The zero-order chi connectivity index (χ0) is 10.8. The van der Waals surface area contributed by atoms with Crippen LogP contribution in [0.3, 0.4) is 0 Å². The van der Waals surface area contributed by atoms with Gasteiger partial charge in [-0.1, -0.05) is 27.2 Å². The van der Waals surface area contributed by atoms with Gasteiger partial charge in [-0.05, 0) is 32.2 Å². The minimum atomic E-state index is 0.495. The Bertz CT molecular complexity index is 172. The lowest BCUT2D eigenvalue weighted by molar-refractivity contribution is -0.0126. The first-order valence-corrected chi connectivity index (χ1v) is 5.99. The van der Waals surface area contributed by atoms with E-state index >= 15 is 0 Å². The van der Waals surface area contributed by atoms with Gasteiger partial charge in [0.2, 0.25) is 0 Å². The van der Waals surface area contributed by atoms with Crippen LogP contribution in [0.1, 0.15) is 47.0 Å². The van der Waals surface area contributed by atoms with E-state index in [4.69, 9.17) is 5.73 Å². The summed E-state index contributed by atoms with van der Waals surface area (Å²) in [5, 5.41) is 3.63. The van der Waals surface area contributed by atoms with E-state index in [9.17, 15) is 0 Å². The van der Waals surface area contributed by atoms with Gasteiger partial charge in [-0.25, -0.2) is 0 Å². The van der Waals surface area contributed by atoms with E-state index in [1.54, 1.807) is 0 Å². The van der Waals surface area contributed by atoms with Crippen molar-refractivity contribution in [2.24, 2.45) is 17.1 Å². The molecule has 0 bridgehead atoms. The van der Waals surface area contributed by atoms with Gasteiger partial charge in [-0.3, -0.25) is 0 Å². The molecular weight excluding hydrogens is 172 g/mol. The fraction of sp³-hybridized carbons (Fsp3) is 1.00. The highest BCUT2D eigenvalue weighted by molar-refractivity contribution is 5.06. The van der Waals surface area contributed by atoms with Crippen molar-refractivity contribution in [3.05, 3.63) is 0 Å². The van der Waals surface area contributed by atoms with E-state index in [2.05, 4.69) is 33.0 Å². The lowest BCUT2D eigenvalue weighted by Gasteiger charge is -2.57. The molecule has 1 rings (SSSR count). The molecule has 0 aromatic rings. The van der Waals surface area contributed by atoms with Gasteiger partial charge in [-0.2, -0.15) is 0 Å². The van der Waals surface area contributed by atoms with E-state index in [-0.39, 0.29) is 0 Å². The largest absolute Gasteiger partial charge is 0.330 e. The molecule has 0 amide bonds. The minimum absolute atomic E-state index is 0.495. The highest BCUT2D eigenvalue weighted by Crippen LogP contribution is 2.44. The lowest BCUT2D eigenvalue weighted by Crippen LogP contribution is -2.69. The molecule has 1 heterocycles. The molecular formula is C12H26N2. The van der Waals surface area contributed by atoms with Gasteiger partial charge < -0.3 is 11.1 Å². The van der Waals surface area contributed by atoms with E-state index in [1.807, 2.05) is 0 Å². The maximum absolute atomic E-state index is 5.51. The van der Waals surface area contributed by atoms with Crippen molar-refractivity contribution in [2.75, 3.05) is 6.54 Å². The molecule has 3 N–H and O–H groups in total. The summed E-state index contributed by atoms with van der Waals surface area (Å²) in [4.78, 5) is 0. The molecule has 1 saturated heterocycles. The number of nitrogens with one attached hydrogen (secondary N) is 1. The average molecular weight is 198 g/mol. The van der Waals surface area contributed by atoms with Crippen LogP contribution in [0.2, 0.25) is 0 Å². The van der Waals surface area contributed by atoms with E-state index in [0.717, 1.165) is 12.5 Å². The van der Waals surface area contributed by atoms with Gasteiger partial charge in [0.1, 0.15) is 0 Å². The Morgan fingerprint density at radius 2 is 2.00 bits per heavy atom. The predicted molar refractivity (Wildman–Crippen MR) is 62.2 cm³/mol. The van der Waals surface area contributed by atoms with E-state index in [1.165, 1.54) is 19.3 Å². The summed E-state index contributed by atoms with van der Waals surface area (Å²) in [6.45, 7) is 10.2. The van der Waals surface area contributed by atoms with Gasteiger partial charge in [-0.15, -0.1) is 0 Å². The lowest BCUT2D eigenvalue weighted by atomic mass is 9.61. The third-order valence-electron chi connectivity index (χ3n) is 4.33. The molecule has 0 spiro atoms. The normalized spacial score (nSPS) is 37.3. The quantitative estimate of drug-likeness (QED) is 0.664. The fourth-order valence-electron chi connectivity index (χ4n) is 2.66. The molecule has 84 valence electrons. The first kappa shape index (κ1) is 12.0. The van der Waals surface area contributed by atoms with E-state index < -0.39 is 0 Å². The fourth-order valence-corrected chi connectivity index (χ4v) is 2.66. The van der Waals surface area contributed by atoms with Crippen molar-refractivity contribution in [2.45, 2.75) is 59.0 Å². The molecule has 0 radical (unpaired) electrons. The van der Waals surface area contributed by atoms with Crippen molar-refractivity contribution in [3.63, 3.8) is 0 Å². The highest BCUT2D eigenvalue weighted by Gasteiger charge is 2.49. The molecule has 2 unspecified atom stereocenters. The minimum Gasteiger partial charge on any atom is -0.330 e. The maximum Gasteiger partial charge on any atom is 0.0141 e. The van der Waals surface area contributed by atoms with Crippen LogP contribution in [-0.4, -0.2) is 18.6 Å². The first-order chi connectivity index (χ1) is 6.53. The third kappa shape index (κ3) is 1.96. The smallest absolute Gasteiger partial charge is 0.0141 e. The van der Waals surface area contributed by atoms with Crippen LogP contribution in [0.15, 0.2) is 0 Å². The monoisotopic (exact) mass is 198 g/mol. The van der Waals surface area contributed by atoms with Crippen LogP contribution in [0.5, 0.6) is 0 Å². The number of hydrogen-bond donors (Lipinski definition) is 2. The van der Waals surface area contributed by atoms with Gasteiger partial charge in [0, 0.05) is 17.5 Å². The molecule has 0 aromatic heterocycles. The second-order valence-corrected chi connectivity index (χ2v) is 5.25. The Kier molecular flexibility index (Phi) is 3.96. The zero-order valence-electron chi connectivity index (χ0n) is 10.1. The van der Waals surface area contributed by atoms with Crippen LogP contribution < -0.4 is 11.1 Å². The van der Waals surface area contributed by atoms with Crippen molar-refractivity contribution in [3.8, 4) is 0 Å². The summed E-state index contributed by atoms with van der Waals surface area (Å²) in [5.74, 6) is 0.765. The van der Waals surface area contributed by atoms with Crippen LogP contribution in [0, 0.1) is 11.3 Å². The summed E-state index contributed by atoms with van der Waals surface area (Å²) >= 11 is 0. The molecule has 2 nitrogen and oxygen atoms in total. The Labute approximate surface area is 88.6 Å². The SMILES string of the molecule is CC(C)C1(C)C(C)N[C@H]1CCCCN. The van der Waals surface area contributed by atoms with Crippen LogP contribution in [0.4, 0.5) is 0 Å². The topological polar surface area (TPSA) is 38.0 Å². The molecule has 1 aliphatic rings. The zero-order valence-corrected chi connectivity index (χ0v) is 10.1. The molecule has 0 aromatic carbocycles.